The number of hydrogen-bond donors (Lipinski definition) is 1. The molecule has 1 N–H and O–H groups in total. The highest BCUT2D eigenvalue weighted by Crippen LogP contribution is 2.46. The molecule has 1 fully saturated rings. The van der Waals surface area contributed by atoms with Gasteiger partial charge < -0.3 is 14.8 Å². The molecule has 1 aromatic rings. The lowest BCUT2D eigenvalue weighted by Crippen LogP contribution is -2.43. The van der Waals surface area contributed by atoms with Crippen molar-refractivity contribution in [3.05, 3.63) is 35.4 Å². The first-order chi connectivity index (χ1) is 9.66. The standard InChI is InChI=1S/C15H18N2O3/c1-20-16-13-10-15(12-5-3-2-4-11(12)13)6-8-17(9-7-15)14(18)19/h2-5H,6-10H2,1H3,(H,18,19). The quantitative estimate of drug-likeness (QED) is 0.800. The Labute approximate surface area is 117 Å². The number of benzene rings is 1. The highest BCUT2D eigenvalue weighted by atomic mass is 16.6. The molecule has 3 rings (SSSR count). The molecule has 20 heavy (non-hydrogen) atoms. The van der Waals surface area contributed by atoms with Crippen LogP contribution in [0.2, 0.25) is 0 Å². The number of rotatable bonds is 1. The van der Waals surface area contributed by atoms with Gasteiger partial charge in [0.05, 0.1) is 5.71 Å². The smallest absolute Gasteiger partial charge is 0.407 e. The zero-order chi connectivity index (χ0) is 14.2. The molecular formula is C15H18N2O3. The van der Waals surface area contributed by atoms with Gasteiger partial charge in [-0.15, -0.1) is 0 Å². The highest BCUT2D eigenvalue weighted by molar-refractivity contribution is 6.05. The summed E-state index contributed by atoms with van der Waals surface area (Å²) < 4.78 is 0. The first-order valence-electron chi connectivity index (χ1n) is 6.84. The number of piperidine rings is 1. The van der Waals surface area contributed by atoms with Crippen LogP contribution < -0.4 is 0 Å². The van der Waals surface area contributed by atoms with Crippen molar-refractivity contribution >= 4 is 11.8 Å². The van der Waals surface area contributed by atoms with Crippen LogP contribution in [0.3, 0.4) is 0 Å². The third-order valence-electron chi connectivity index (χ3n) is 4.51. The van der Waals surface area contributed by atoms with Crippen molar-refractivity contribution in [2.75, 3.05) is 20.2 Å². The van der Waals surface area contributed by atoms with Crippen molar-refractivity contribution in [1.82, 2.24) is 4.90 Å². The minimum absolute atomic E-state index is 0.0277. The molecule has 0 saturated carbocycles. The number of amides is 1. The molecule has 1 saturated heterocycles. The van der Waals surface area contributed by atoms with E-state index in [9.17, 15) is 4.79 Å². The third kappa shape index (κ3) is 1.94. The molecule has 106 valence electrons. The fraction of sp³-hybridized carbons (Fsp3) is 0.467. The number of carbonyl (C=O) groups is 1. The molecule has 0 radical (unpaired) electrons. The zero-order valence-corrected chi connectivity index (χ0v) is 11.5. The maximum absolute atomic E-state index is 11.1. The molecule has 1 heterocycles. The van der Waals surface area contributed by atoms with E-state index in [0.29, 0.717) is 13.1 Å². The topological polar surface area (TPSA) is 62.1 Å². The monoisotopic (exact) mass is 274 g/mol. The number of hydrogen-bond acceptors (Lipinski definition) is 3. The zero-order valence-electron chi connectivity index (χ0n) is 11.5. The number of fused-ring (bicyclic) bond motifs is 2. The summed E-state index contributed by atoms with van der Waals surface area (Å²) in [5.74, 6) is 0. The van der Waals surface area contributed by atoms with E-state index in [1.165, 1.54) is 10.5 Å². The predicted octanol–water partition coefficient (Wildman–Crippen LogP) is 2.45. The number of oxime groups is 1. The van der Waals surface area contributed by atoms with Crippen LogP contribution in [0.5, 0.6) is 0 Å². The average molecular weight is 274 g/mol. The Kier molecular flexibility index (Phi) is 3.12. The van der Waals surface area contributed by atoms with E-state index in [1.807, 2.05) is 12.1 Å². The molecule has 5 nitrogen and oxygen atoms in total. The van der Waals surface area contributed by atoms with E-state index in [-0.39, 0.29) is 5.41 Å². The van der Waals surface area contributed by atoms with Crippen molar-refractivity contribution < 1.29 is 14.7 Å². The Bertz CT molecular complexity index is 560. The maximum Gasteiger partial charge on any atom is 0.407 e. The van der Waals surface area contributed by atoms with Crippen LogP contribution in [0, 0.1) is 0 Å². The molecule has 5 heteroatoms. The number of carboxylic acid groups (broad SMARTS) is 1. The third-order valence-corrected chi connectivity index (χ3v) is 4.51. The second-order valence-electron chi connectivity index (χ2n) is 5.49. The molecule has 2 aliphatic rings. The minimum Gasteiger partial charge on any atom is -0.465 e. The maximum atomic E-state index is 11.1. The molecule has 0 atom stereocenters. The number of likely N-dealkylation sites (tertiary alicyclic amines) is 1. The summed E-state index contributed by atoms with van der Waals surface area (Å²) in [5, 5.41) is 13.2. The van der Waals surface area contributed by atoms with Crippen LogP contribution in [0.25, 0.3) is 0 Å². The summed E-state index contributed by atoms with van der Waals surface area (Å²) in [5.41, 5.74) is 3.45. The SMILES string of the molecule is CON=C1CC2(CCN(C(=O)O)CC2)c2ccccc21. The largest absolute Gasteiger partial charge is 0.465 e. The van der Waals surface area contributed by atoms with Gasteiger partial charge in [0.25, 0.3) is 0 Å². The Hall–Kier alpha value is -2.04. The lowest BCUT2D eigenvalue weighted by atomic mass is 9.74. The van der Waals surface area contributed by atoms with Crippen LogP contribution in [-0.2, 0) is 10.3 Å². The van der Waals surface area contributed by atoms with Crippen LogP contribution in [-0.4, -0.2) is 42.0 Å². The van der Waals surface area contributed by atoms with E-state index in [2.05, 4.69) is 17.3 Å². The van der Waals surface area contributed by atoms with Gasteiger partial charge >= 0.3 is 6.09 Å². The van der Waals surface area contributed by atoms with Gasteiger partial charge in [0.15, 0.2) is 0 Å². The van der Waals surface area contributed by atoms with E-state index >= 15 is 0 Å². The molecule has 0 aromatic heterocycles. The second kappa shape index (κ2) is 4.81. The van der Waals surface area contributed by atoms with Gasteiger partial charge in [0.1, 0.15) is 7.11 Å². The normalized spacial score (nSPS) is 22.1. The van der Waals surface area contributed by atoms with Crippen molar-refractivity contribution in [3.8, 4) is 0 Å². The molecule has 1 aromatic carbocycles. The van der Waals surface area contributed by atoms with E-state index in [4.69, 9.17) is 9.94 Å². The second-order valence-corrected chi connectivity index (χ2v) is 5.49. The molecule has 1 amide bonds. The van der Waals surface area contributed by atoms with Gasteiger partial charge in [-0.05, 0) is 18.4 Å². The van der Waals surface area contributed by atoms with Crippen molar-refractivity contribution in [2.45, 2.75) is 24.7 Å². The van der Waals surface area contributed by atoms with E-state index in [1.54, 1.807) is 7.11 Å². The van der Waals surface area contributed by atoms with Crippen LogP contribution in [0.4, 0.5) is 4.79 Å². The Morgan fingerprint density at radius 3 is 2.70 bits per heavy atom. The average Bonchev–Trinajstić information content (AvgIpc) is 2.75. The summed E-state index contributed by atoms with van der Waals surface area (Å²) in [7, 11) is 1.56. The van der Waals surface area contributed by atoms with Gasteiger partial charge in [0, 0.05) is 30.5 Å². The van der Waals surface area contributed by atoms with Crippen LogP contribution in [0.15, 0.2) is 29.4 Å². The van der Waals surface area contributed by atoms with Crippen molar-refractivity contribution in [3.63, 3.8) is 0 Å². The molecule has 1 aliphatic carbocycles. The summed E-state index contributed by atoms with van der Waals surface area (Å²) in [6, 6.07) is 8.27. The highest BCUT2D eigenvalue weighted by Gasteiger charge is 2.44. The molecule has 0 unspecified atom stereocenters. The molecule has 0 bridgehead atoms. The van der Waals surface area contributed by atoms with E-state index in [0.717, 1.165) is 30.5 Å². The van der Waals surface area contributed by atoms with Gasteiger partial charge in [-0.25, -0.2) is 4.79 Å². The fourth-order valence-corrected chi connectivity index (χ4v) is 3.47. The summed E-state index contributed by atoms with van der Waals surface area (Å²) >= 11 is 0. The molecular weight excluding hydrogens is 256 g/mol. The molecule has 1 aliphatic heterocycles. The summed E-state index contributed by atoms with van der Waals surface area (Å²) in [6.45, 7) is 1.17. The Morgan fingerprint density at radius 1 is 1.35 bits per heavy atom. The fourth-order valence-electron chi connectivity index (χ4n) is 3.47. The van der Waals surface area contributed by atoms with Crippen molar-refractivity contribution in [1.29, 1.82) is 0 Å². The van der Waals surface area contributed by atoms with Gasteiger partial charge in [-0.1, -0.05) is 29.4 Å². The Balaban J connectivity index is 1.93. The first-order valence-corrected chi connectivity index (χ1v) is 6.84. The predicted molar refractivity (Wildman–Crippen MR) is 75.1 cm³/mol. The van der Waals surface area contributed by atoms with E-state index < -0.39 is 6.09 Å². The Morgan fingerprint density at radius 2 is 2.05 bits per heavy atom. The summed E-state index contributed by atoms with van der Waals surface area (Å²) in [4.78, 5) is 17.5. The lowest BCUT2D eigenvalue weighted by molar-refractivity contribution is 0.118. The summed E-state index contributed by atoms with van der Waals surface area (Å²) in [6.07, 6.45) is 1.71. The van der Waals surface area contributed by atoms with Crippen LogP contribution >= 0.6 is 0 Å². The van der Waals surface area contributed by atoms with Crippen molar-refractivity contribution in [2.24, 2.45) is 5.16 Å². The van der Waals surface area contributed by atoms with Gasteiger partial charge in [-0.3, -0.25) is 0 Å². The number of nitrogens with zero attached hydrogens (tertiary/aromatic N) is 2. The van der Waals surface area contributed by atoms with Gasteiger partial charge in [0.2, 0.25) is 0 Å². The van der Waals surface area contributed by atoms with Gasteiger partial charge in [-0.2, -0.15) is 0 Å². The lowest BCUT2D eigenvalue weighted by Gasteiger charge is -2.38. The minimum atomic E-state index is -0.822. The van der Waals surface area contributed by atoms with Crippen LogP contribution in [0.1, 0.15) is 30.4 Å². The first kappa shape index (κ1) is 13.0. The molecule has 1 spiro atoms.